The van der Waals surface area contributed by atoms with Gasteiger partial charge in [-0.2, -0.15) is 5.10 Å². The summed E-state index contributed by atoms with van der Waals surface area (Å²) < 4.78 is 1.70. The smallest absolute Gasteiger partial charge is 0.258 e. The van der Waals surface area contributed by atoms with Crippen LogP contribution in [-0.2, 0) is 5.33 Å². The lowest BCUT2D eigenvalue weighted by Crippen LogP contribution is -1.98. The molecule has 1 aromatic carbocycles. The molecule has 2 rings (SSSR count). The van der Waals surface area contributed by atoms with Gasteiger partial charge in [-0.1, -0.05) is 15.9 Å². The monoisotopic (exact) mass is 295 g/mol. The summed E-state index contributed by atoms with van der Waals surface area (Å²) in [6, 6.07) is 6.84. The van der Waals surface area contributed by atoms with Crippen molar-refractivity contribution in [1.29, 1.82) is 0 Å². The van der Waals surface area contributed by atoms with Crippen molar-refractivity contribution >= 4 is 21.6 Å². The first kappa shape index (κ1) is 11.8. The number of alkyl halides is 1. The fourth-order valence-electron chi connectivity index (χ4n) is 1.56. The van der Waals surface area contributed by atoms with Crippen molar-refractivity contribution in [2.24, 2.45) is 0 Å². The van der Waals surface area contributed by atoms with Gasteiger partial charge in [0, 0.05) is 23.2 Å². The zero-order valence-electron chi connectivity index (χ0n) is 9.13. The van der Waals surface area contributed by atoms with Gasteiger partial charge in [0.1, 0.15) is 0 Å². The van der Waals surface area contributed by atoms with Gasteiger partial charge in [-0.25, -0.2) is 4.68 Å². The van der Waals surface area contributed by atoms with Crippen molar-refractivity contribution in [2.45, 2.75) is 12.3 Å². The molecule has 0 N–H and O–H groups in total. The van der Waals surface area contributed by atoms with E-state index in [1.54, 1.807) is 23.7 Å². The number of benzene rings is 1. The average Bonchev–Trinajstić information content (AvgIpc) is 2.76. The van der Waals surface area contributed by atoms with Gasteiger partial charge in [0.15, 0.2) is 0 Å². The molecule has 0 aliphatic rings. The zero-order chi connectivity index (χ0) is 12.4. The molecule has 5 nitrogen and oxygen atoms in total. The van der Waals surface area contributed by atoms with Gasteiger partial charge >= 0.3 is 0 Å². The molecule has 0 amide bonds. The van der Waals surface area contributed by atoms with Gasteiger partial charge in [0.2, 0.25) is 0 Å². The summed E-state index contributed by atoms with van der Waals surface area (Å²) in [6.45, 7) is 1.72. The van der Waals surface area contributed by atoms with E-state index in [9.17, 15) is 10.1 Å². The second kappa shape index (κ2) is 4.67. The number of nitrogens with zero attached hydrogens (tertiary/aromatic N) is 3. The Hall–Kier alpha value is -1.69. The zero-order valence-corrected chi connectivity index (χ0v) is 10.7. The minimum atomic E-state index is -0.383. The van der Waals surface area contributed by atoms with E-state index in [-0.39, 0.29) is 10.6 Å². The van der Waals surface area contributed by atoms with Crippen LogP contribution >= 0.6 is 15.9 Å². The number of nitro groups is 1. The Morgan fingerprint density at radius 2 is 2.24 bits per heavy atom. The molecule has 0 saturated carbocycles. The summed E-state index contributed by atoms with van der Waals surface area (Å²) in [6.07, 6.45) is 1.83. The lowest BCUT2D eigenvalue weighted by Gasteiger charge is -2.03. The second-order valence-corrected chi connectivity index (χ2v) is 4.17. The standard InChI is InChI=1S/C11H10BrN3O2/c1-8-6-10(2-3-11(8)15(16)17)14-5-4-9(7-12)13-14/h2-6H,7H2,1H3. The van der Waals surface area contributed by atoms with E-state index in [0.29, 0.717) is 10.9 Å². The molecule has 0 saturated heterocycles. The Bertz CT molecular complexity index is 566. The van der Waals surface area contributed by atoms with Crippen LogP contribution in [0.3, 0.4) is 0 Å². The van der Waals surface area contributed by atoms with E-state index in [1.165, 1.54) is 6.07 Å². The molecular formula is C11H10BrN3O2. The highest BCUT2D eigenvalue weighted by atomic mass is 79.9. The molecule has 0 spiro atoms. The molecule has 0 aliphatic carbocycles. The Morgan fingerprint density at radius 3 is 2.76 bits per heavy atom. The van der Waals surface area contributed by atoms with E-state index in [2.05, 4.69) is 21.0 Å². The first-order chi connectivity index (χ1) is 8.11. The summed E-state index contributed by atoms with van der Waals surface area (Å²) in [4.78, 5) is 10.3. The maximum atomic E-state index is 10.7. The quantitative estimate of drug-likeness (QED) is 0.497. The van der Waals surface area contributed by atoms with Gasteiger partial charge in [-0.15, -0.1) is 0 Å². The summed E-state index contributed by atoms with van der Waals surface area (Å²) in [5.74, 6) is 0. The molecule has 1 heterocycles. The third-order valence-electron chi connectivity index (χ3n) is 2.42. The number of hydrogen-bond acceptors (Lipinski definition) is 3. The number of aryl methyl sites for hydroxylation is 1. The van der Waals surface area contributed by atoms with Gasteiger partial charge in [0.25, 0.3) is 5.69 Å². The van der Waals surface area contributed by atoms with Crippen molar-refractivity contribution < 1.29 is 4.92 Å². The highest BCUT2D eigenvalue weighted by molar-refractivity contribution is 9.08. The molecule has 0 radical (unpaired) electrons. The first-order valence-electron chi connectivity index (χ1n) is 4.98. The largest absolute Gasteiger partial charge is 0.272 e. The molecule has 0 atom stereocenters. The normalized spacial score (nSPS) is 10.5. The number of rotatable bonds is 3. The molecule has 0 fully saturated rings. The van der Waals surface area contributed by atoms with Crippen LogP contribution in [-0.4, -0.2) is 14.7 Å². The highest BCUT2D eigenvalue weighted by Crippen LogP contribution is 2.20. The van der Waals surface area contributed by atoms with E-state index in [0.717, 1.165) is 11.4 Å². The Labute approximate surface area is 106 Å². The topological polar surface area (TPSA) is 61.0 Å². The van der Waals surface area contributed by atoms with Gasteiger partial charge < -0.3 is 0 Å². The molecule has 1 aromatic heterocycles. The van der Waals surface area contributed by atoms with Crippen LogP contribution in [0.25, 0.3) is 5.69 Å². The number of halogens is 1. The van der Waals surface area contributed by atoms with Crippen LogP contribution in [0.15, 0.2) is 30.5 Å². The minimum Gasteiger partial charge on any atom is -0.258 e. The van der Waals surface area contributed by atoms with Crippen LogP contribution in [0.4, 0.5) is 5.69 Å². The van der Waals surface area contributed by atoms with Crippen molar-refractivity contribution in [3.63, 3.8) is 0 Å². The molecular weight excluding hydrogens is 286 g/mol. The van der Waals surface area contributed by atoms with E-state index < -0.39 is 0 Å². The summed E-state index contributed by atoms with van der Waals surface area (Å²) >= 11 is 3.32. The summed E-state index contributed by atoms with van der Waals surface area (Å²) in [5, 5.41) is 15.7. The van der Waals surface area contributed by atoms with Crippen molar-refractivity contribution in [3.8, 4) is 5.69 Å². The Morgan fingerprint density at radius 1 is 1.47 bits per heavy atom. The SMILES string of the molecule is Cc1cc(-n2ccc(CBr)n2)ccc1[N+](=O)[O-]. The molecule has 0 unspecified atom stereocenters. The van der Waals surface area contributed by atoms with Crippen LogP contribution in [0.2, 0.25) is 0 Å². The Balaban J connectivity index is 2.40. The van der Waals surface area contributed by atoms with Gasteiger partial charge in [-0.05, 0) is 25.1 Å². The molecule has 6 heteroatoms. The molecule has 0 bridgehead atoms. The fourth-order valence-corrected chi connectivity index (χ4v) is 1.86. The molecule has 2 aromatic rings. The van der Waals surface area contributed by atoms with Crippen molar-refractivity contribution in [1.82, 2.24) is 9.78 Å². The van der Waals surface area contributed by atoms with E-state index in [1.807, 2.05) is 12.3 Å². The fraction of sp³-hybridized carbons (Fsp3) is 0.182. The van der Waals surface area contributed by atoms with Crippen LogP contribution in [0.1, 0.15) is 11.3 Å². The maximum absolute atomic E-state index is 10.7. The number of aromatic nitrogens is 2. The molecule has 88 valence electrons. The highest BCUT2D eigenvalue weighted by Gasteiger charge is 2.11. The van der Waals surface area contributed by atoms with Crippen molar-refractivity contribution in [2.75, 3.05) is 0 Å². The molecule has 17 heavy (non-hydrogen) atoms. The first-order valence-corrected chi connectivity index (χ1v) is 6.10. The van der Waals surface area contributed by atoms with E-state index in [4.69, 9.17) is 0 Å². The van der Waals surface area contributed by atoms with Crippen LogP contribution < -0.4 is 0 Å². The predicted octanol–water partition coefficient (Wildman–Crippen LogP) is 2.98. The second-order valence-electron chi connectivity index (χ2n) is 3.61. The van der Waals surface area contributed by atoms with Crippen LogP contribution in [0.5, 0.6) is 0 Å². The lowest BCUT2D eigenvalue weighted by molar-refractivity contribution is -0.385. The number of nitro benzene ring substituents is 1. The third-order valence-corrected chi connectivity index (χ3v) is 3.00. The maximum Gasteiger partial charge on any atom is 0.272 e. The summed E-state index contributed by atoms with van der Waals surface area (Å²) in [7, 11) is 0. The van der Waals surface area contributed by atoms with Crippen LogP contribution in [0, 0.1) is 17.0 Å². The molecule has 0 aliphatic heterocycles. The number of hydrogen-bond donors (Lipinski definition) is 0. The lowest BCUT2D eigenvalue weighted by atomic mass is 10.2. The average molecular weight is 296 g/mol. The Kier molecular flexibility index (Phi) is 3.23. The van der Waals surface area contributed by atoms with Gasteiger partial charge in [0.05, 0.1) is 16.3 Å². The van der Waals surface area contributed by atoms with Gasteiger partial charge in [-0.3, -0.25) is 10.1 Å². The van der Waals surface area contributed by atoms with E-state index >= 15 is 0 Å². The predicted molar refractivity (Wildman–Crippen MR) is 67.6 cm³/mol. The minimum absolute atomic E-state index is 0.127. The van der Waals surface area contributed by atoms with Crippen molar-refractivity contribution in [3.05, 3.63) is 51.8 Å². The summed E-state index contributed by atoms with van der Waals surface area (Å²) in [5.41, 5.74) is 2.49. The third kappa shape index (κ3) is 2.36.